The van der Waals surface area contributed by atoms with Crippen LogP contribution in [0.25, 0.3) is 11.1 Å². The smallest absolute Gasteiger partial charge is 0.195 e. The minimum Gasteiger partial charge on any atom is -0.443 e. The average molecular weight is 244 g/mol. The van der Waals surface area contributed by atoms with Gasteiger partial charge in [-0.3, -0.25) is 4.99 Å². The predicted molar refractivity (Wildman–Crippen MR) is 72.1 cm³/mol. The molecular formula is C13H16N4O. The molecule has 3 rings (SSSR count). The van der Waals surface area contributed by atoms with Crippen molar-refractivity contribution in [3.63, 3.8) is 0 Å². The van der Waals surface area contributed by atoms with Crippen LogP contribution in [0, 0.1) is 20.8 Å². The van der Waals surface area contributed by atoms with E-state index in [0.717, 1.165) is 47.0 Å². The van der Waals surface area contributed by atoms with Crippen LogP contribution in [-0.2, 0) is 0 Å². The second-order valence-electron chi connectivity index (χ2n) is 4.56. The van der Waals surface area contributed by atoms with Crippen LogP contribution in [0.5, 0.6) is 0 Å². The van der Waals surface area contributed by atoms with Gasteiger partial charge in [0.1, 0.15) is 5.52 Å². The molecule has 0 amide bonds. The molecule has 94 valence electrons. The summed E-state index contributed by atoms with van der Waals surface area (Å²) < 4.78 is 5.45. The summed E-state index contributed by atoms with van der Waals surface area (Å²) in [7, 11) is 0. The van der Waals surface area contributed by atoms with Crippen molar-refractivity contribution in [3.05, 3.63) is 23.1 Å². The molecule has 0 saturated heterocycles. The van der Waals surface area contributed by atoms with Gasteiger partial charge in [-0.2, -0.15) is 0 Å². The largest absolute Gasteiger partial charge is 0.443 e. The molecule has 5 heteroatoms. The van der Waals surface area contributed by atoms with E-state index in [1.807, 2.05) is 0 Å². The number of aliphatic imine (C=N–C) groups is 1. The van der Waals surface area contributed by atoms with Gasteiger partial charge < -0.3 is 15.1 Å². The third-order valence-electron chi connectivity index (χ3n) is 3.49. The predicted octanol–water partition coefficient (Wildman–Crippen LogP) is 2.12. The second-order valence-corrected chi connectivity index (χ2v) is 4.56. The quantitative estimate of drug-likeness (QED) is 0.806. The molecule has 18 heavy (non-hydrogen) atoms. The van der Waals surface area contributed by atoms with E-state index in [1.165, 1.54) is 12.0 Å². The topological polar surface area (TPSA) is 62.5 Å². The molecule has 0 radical (unpaired) electrons. The monoisotopic (exact) mass is 244 g/mol. The highest BCUT2D eigenvalue weighted by atomic mass is 16.3. The summed E-state index contributed by atoms with van der Waals surface area (Å²) in [6.45, 7) is 7.91. The molecule has 0 spiro atoms. The number of nitrogens with one attached hydrogen (secondary N) is 2. The van der Waals surface area contributed by atoms with Crippen molar-refractivity contribution in [2.75, 3.05) is 18.4 Å². The summed E-state index contributed by atoms with van der Waals surface area (Å²) in [6.07, 6.45) is 1.50. The van der Waals surface area contributed by atoms with Crippen LogP contribution in [0.3, 0.4) is 0 Å². The second kappa shape index (κ2) is 4.01. The van der Waals surface area contributed by atoms with Gasteiger partial charge in [0, 0.05) is 17.8 Å². The number of hydrogen-bond acceptors (Lipinski definition) is 5. The maximum atomic E-state index is 5.45. The maximum Gasteiger partial charge on any atom is 0.195 e. The minimum atomic E-state index is 0.825. The normalized spacial score (nSPS) is 14.7. The molecule has 5 nitrogen and oxygen atoms in total. The van der Waals surface area contributed by atoms with E-state index < -0.39 is 0 Å². The van der Waals surface area contributed by atoms with E-state index in [1.54, 1.807) is 0 Å². The SMILES string of the molecule is Cc1c(NC2=NCCN2)c(C)c2ncoc2c1C. The third kappa shape index (κ3) is 1.54. The van der Waals surface area contributed by atoms with Crippen molar-refractivity contribution >= 4 is 22.7 Å². The Morgan fingerprint density at radius 3 is 2.78 bits per heavy atom. The summed E-state index contributed by atoms with van der Waals surface area (Å²) in [4.78, 5) is 8.65. The Hall–Kier alpha value is -2.04. The molecule has 2 heterocycles. The lowest BCUT2D eigenvalue weighted by Crippen LogP contribution is -2.27. The number of aryl methyl sites for hydroxylation is 2. The Kier molecular flexibility index (Phi) is 2.47. The van der Waals surface area contributed by atoms with Gasteiger partial charge in [-0.05, 0) is 31.9 Å². The number of guanidine groups is 1. The van der Waals surface area contributed by atoms with E-state index in [9.17, 15) is 0 Å². The van der Waals surface area contributed by atoms with Crippen LogP contribution < -0.4 is 10.6 Å². The first kappa shape index (κ1) is 11.1. The Labute approximate surface area is 105 Å². The van der Waals surface area contributed by atoms with Crippen LogP contribution in [0.1, 0.15) is 16.7 Å². The molecule has 0 fully saturated rings. The Balaban J connectivity index is 2.15. The number of fused-ring (bicyclic) bond motifs is 1. The number of anilines is 1. The molecule has 1 aromatic heterocycles. The van der Waals surface area contributed by atoms with Gasteiger partial charge in [0.15, 0.2) is 17.9 Å². The molecule has 0 atom stereocenters. The van der Waals surface area contributed by atoms with E-state index >= 15 is 0 Å². The number of benzene rings is 1. The number of rotatable bonds is 1. The van der Waals surface area contributed by atoms with Crippen LogP contribution in [0.2, 0.25) is 0 Å². The van der Waals surface area contributed by atoms with Gasteiger partial charge >= 0.3 is 0 Å². The fourth-order valence-electron chi connectivity index (χ4n) is 2.32. The zero-order valence-electron chi connectivity index (χ0n) is 10.8. The lowest BCUT2D eigenvalue weighted by molar-refractivity contribution is 0.599. The van der Waals surface area contributed by atoms with E-state index in [0.29, 0.717) is 0 Å². The first-order chi connectivity index (χ1) is 8.68. The summed E-state index contributed by atoms with van der Waals surface area (Å²) in [5.74, 6) is 0.837. The Morgan fingerprint density at radius 1 is 1.22 bits per heavy atom. The zero-order valence-corrected chi connectivity index (χ0v) is 10.8. The molecule has 2 aromatic rings. The Morgan fingerprint density at radius 2 is 2.06 bits per heavy atom. The average Bonchev–Trinajstić information content (AvgIpc) is 3.02. The van der Waals surface area contributed by atoms with Gasteiger partial charge in [0.05, 0.1) is 6.54 Å². The van der Waals surface area contributed by atoms with Gasteiger partial charge in [-0.15, -0.1) is 0 Å². The van der Waals surface area contributed by atoms with Gasteiger partial charge in [0.25, 0.3) is 0 Å². The standard InChI is InChI=1S/C13H16N4O/c1-7-8(2)12-11(16-6-18-12)9(3)10(7)17-13-14-4-5-15-13/h6H,4-5H2,1-3H3,(H2,14,15,17). The maximum absolute atomic E-state index is 5.45. The lowest BCUT2D eigenvalue weighted by atomic mass is 10.0. The molecule has 1 aliphatic rings. The minimum absolute atomic E-state index is 0.825. The molecule has 1 aromatic carbocycles. The number of aromatic nitrogens is 1. The molecule has 0 saturated carbocycles. The van der Waals surface area contributed by atoms with Crippen molar-refractivity contribution in [1.82, 2.24) is 10.3 Å². The van der Waals surface area contributed by atoms with Crippen molar-refractivity contribution in [2.24, 2.45) is 4.99 Å². The number of oxazole rings is 1. The third-order valence-corrected chi connectivity index (χ3v) is 3.49. The summed E-state index contributed by atoms with van der Waals surface area (Å²) in [5.41, 5.74) is 6.25. The van der Waals surface area contributed by atoms with Gasteiger partial charge in [0.2, 0.25) is 0 Å². The van der Waals surface area contributed by atoms with Crippen molar-refractivity contribution < 1.29 is 4.42 Å². The first-order valence-electron chi connectivity index (χ1n) is 6.07. The molecule has 0 unspecified atom stereocenters. The highest BCUT2D eigenvalue weighted by molar-refractivity contribution is 5.99. The van der Waals surface area contributed by atoms with E-state index in [-0.39, 0.29) is 0 Å². The van der Waals surface area contributed by atoms with Gasteiger partial charge in [-0.1, -0.05) is 0 Å². The first-order valence-corrected chi connectivity index (χ1v) is 6.07. The number of hydrogen-bond donors (Lipinski definition) is 2. The van der Waals surface area contributed by atoms with Crippen LogP contribution >= 0.6 is 0 Å². The van der Waals surface area contributed by atoms with Crippen molar-refractivity contribution in [2.45, 2.75) is 20.8 Å². The molecule has 0 bridgehead atoms. The summed E-state index contributed by atoms with van der Waals surface area (Å²) >= 11 is 0. The van der Waals surface area contributed by atoms with Crippen LogP contribution in [-0.4, -0.2) is 24.0 Å². The summed E-state index contributed by atoms with van der Waals surface area (Å²) in [5, 5.41) is 6.57. The van der Waals surface area contributed by atoms with Crippen LogP contribution in [0.4, 0.5) is 5.69 Å². The van der Waals surface area contributed by atoms with Crippen molar-refractivity contribution in [3.8, 4) is 0 Å². The zero-order chi connectivity index (χ0) is 12.7. The van der Waals surface area contributed by atoms with Crippen LogP contribution in [0.15, 0.2) is 15.8 Å². The molecule has 1 aliphatic heterocycles. The fraction of sp³-hybridized carbons (Fsp3) is 0.385. The van der Waals surface area contributed by atoms with E-state index in [2.05, 4.69) is 41.4 Å². The van der Waals surface area contributed by atoms with Crippen molar-refractivity contribution in [1.29, 1.82) is 0 Å². The molecule has 0 aliphatic carbocycles. The van der Waals surface area contributed by atoms with Gasteiger partial charge in [-0.25, -0.2) is 4.98 Å². The highest BCUT2D eigenvalue weighted by Crippen LogP contribution is 2.32. The summed E-state index contributed by atoms with van der Waals surface area (Å²) in [6, 6.07) is 0. The Bertz CT molecular complexity index is 642. The fourth-order valence-corrected chi connectivity index (χ4v) is 2.32. The highest BCUT2D eigenvalue weighted by Gasteiger charge is 2.17. The molecular weight excluding hydrogens is 228 g/mol. The number of nitrogens with zero attached hydrogens (tertiary/aromatic N) is 2. The van der Waals surface area contributed by atoms with E-state index in [4.69, 9.17) is 4.42 Å². The molecule has 2 N–H and O–H groups in total. The lowest BCUT2D eigenvalue weighted by Gasteiger charge is -2.15.